The normalized spacial score (nSPS) is 14.1. The zero-order valence-electron chi connectivity index (χ0n) is 9.23. The first-order chi connectivity index (χ1) is 7.41. The number of rotatable bonds is 3. The van der Waals surface area contributed by atoms with Gasteiger partial charge in [-0.2, -0.15) is 22.0 Å². The molecule has 1 N–H and O–H groups in total. The number of carbonyl (C=O) groups excluding carboxylic acids is 2. The Morgan fingerprint density at radius 1 is 1.12 bits per heavy atom. The van der Waals surface area contributed by atoms with E-state index in [0.29, 0.717) is 0 Å². The van der Waals surface area contributed by atoms with Crippen LogP contribution in [0.3, 0.4) is 0 Å². The van der Waals surface area contributed by atoms with Crippen LogP contribution < -0.4 is 5.32 Å². The monoisotopic (exact) mass is 262 g/mol. The minimum atomic E-state index is -5.99. The molecule has 0 radical (unpaired) electrons. The fraction of sp³-hybridized carbons (Fsp3) is 0.750. The lowest BCUT2D eigenvalue weighted by Gasteiger charge is -2.22. The van der Waals surface area contributed by atoms with Crippen LogP contribution in [0.2, 0.25) is 0 Å². The summed E-state index contributed by atoms with van der Waals surface area (Å²) in [5.74, 6) is -8.86. The maximum absolute atomic E-state index is 12.5. The van der Waals surface area contributed by atoms with Crippen LogP contribution in [0, 0.1) is 0 Å². The van der Waals surface area contributed by atoms with Crippen molar-refractivity contribution >= 4 is 11.8 Å². The van der Waals surface area contributed by atoms with E-state index in [4.69, 9.17) is 0 Å². The number of halogens is 5. The van der Waals surface area contributed by atoms with Crippen molar-refractivity contribution in [3.8, 4) is 0 Å². The summed E-state index contributed by atoms with van der Waals surface area (Å²) in [5, 5.41) is 1.31. The second kappa shape index (κ2) is 4.84. The number of hydrogen-bond donors (Lipinski definition) is 1. The maximum Gasteiger partial charge on any atom is 0.463 e. The Labute approximate surface area is 93.8 Å². The first kappa shape index (κ1) is 15.6. The lowest BCUT2D eigenvalue weighted by atomic mass is 10.2. The van der Waals surface area contributed by atoms with Crippen LogP contribution in [0.25, 0.3) is 0 Å². The molecule has 100 valence electrons. The highest BCUT2D eigenvalue weighted by molar-refractivity contribution is 5.90. The van der Waals surface area contributed by atoms with Crippen LogP contribution in [0.4, 0.5) is 22.0 Å². The van der Waals surface area contributed by atoms with E-state index in [2.05, 4.69) is 0 Å². The van der Waals surface area contributed by atoms with Gasteiger partial charge in [-0.1, -0.05) is 0 Å². The standard InChI is InChI=1S/C8H11F5N2O2/c1-4(5(16)15(2)3)14-6(17)7(9,10)8(11,12)13/h4H,1-3H3,(H,14,17). The Balaban J connectivity index is 4.72. The number of carbonyl (C=O) groups is 2. The molecule has 2 amide bonds. The number of alkyl halides is 5. The van der Waals surface area contributed by atoms with E-state index in [1.54, 1.807) is 0 Å². The highest BCUT2D eigenvalue weighted by Gasteiger charge is 2.63. The lowest BCUT2D eigenvalue weighted by Crippen LogP contribution is -2.55. The average molecular weight is 262 g/mol. The van der Waals surface area contributed by atoms with Crippen molar-refractivity contribution < 1.29 is 31.5 Å². The summed E-state index contributed by atoms with van der Waals surface area (Å²) in [4.78, 5) is 22.8. The molecule has 4 nitrogen and oxygen atoms in total. The minimum Gasteiger partial charge on any atom is -0.347 e. The van der Waals surface area contributed by atoms with Crippen molar-refractivity contribution in [2.45, 2.75) is 25.1 Å². The van der Waals surface area contributed by atoms with E-state index in [1.165, 1.54) is 19.4 Å². The quantitative estimate of drug-likeness (QED) is 0.764. The van der Waals surface area contributed by atoms with Gasteiger partial charge in [-0.25, -0.2) is 0 Å². The van der Waals surface area contributed by atoms with Gasteiger partial charge in [0, 0.05) is 14.1 Å². The molecule has 0 aliphatic rings. The van der Waals surface area contributed by atoms with Gasteiger partial charge in [-0.05, 0) is 6.92 Å². The van der Waals surface area contributed by atoms with Crippen LogP contribution >= 0.6 is 0 Å². The molecule has 0 saturated carbocycles. The first-order valence-electron chi connectivity index (χ1n) is 4.38. The van der Waals surface area contributed by atoms with Crippen molar-refractivity contribution in [2.75, 3.05) is 14.1 Å². The van der Waals surface area contributed by atoms with Crippen LogP contribution in [-0.4, -0.2) is 49.0 Å². The van der Waals surface area contributed by atoms with Crippen LogP contribution in [-0.2, 0) is 9.59 Å². The van der Waals surface area contributed by atoms with E-state index in [-0.39, 0.29) is 0 Å². The molecule has 0 aliphatic heterocycles. The number of amides is 2. The van der Waals surface area contributed by atoms with Crippen molar-refractivity contribution in [2.24, 2.45) is 0 Å². The van der Waals surface area contributed by atoms with Crippen molar-refractivity contribution in [1.29, 1.82) is 0 Å². The molecule has 0 aliphatic carbocycles. The molecular formula is C8H11F5N2O2. The maximum atomic E-state index is 12.5. The van der Waals surface area contributed by atoms with Gasteiger partial charge in [0.15, 0.2) is 0 Å². The molecule has 0 bridgehead atoms. The first-order valence-corrected chi connectivity index (χ1v) is 4.38. The molecule has 0 aromatic carbocycles. The van der Waals surface area contributed by atoms with Crippen LogP contribution in [0.15, 0.2) is 0 Å². The van der Waals surface area contributed by atoms with E-state index >= 15 is 0 Å². The average Bonchev–Trinajstić information content (AvgIpc) is 2.14. The number of nitrogens with one attached hydrogen (secondary N) is 1. The van der Waals surface area contributed by atoms with E-state index in [9.17, 15) is 31.5 Å². The second-order valence-corrected chi connectivity index (χ2v) is 3.50. The Bertz CT molecular complexity index is 314. The van der Waals surface area contributed by atoms with Crippen molar-refractivity contribution in [1.82, 2.24) is 10.2 Å². The van der Waals surface area contributed by atoms with Crippen molar-refractivity contribution in [3.05, 3.63) is 0 Å². The van der Waals surface area contributed by atoms with Gasteiger partial charge in [0.2, 0.25) is 5.91 Å². The molecule has 1 atom stereocenters. The summed E-state index contributed by atoms with van der Waals surface area (Å²) in [6.07, 6.45) is -5.99. The van der Waals surface area contributed by atoms with Gasteiger partial charge >= 0.3 is 18.0 Å². The van der Waals surface area contributed by atoms with Gasteiger partial charge in [0.1, 0.15) is 6.04 Å². The fourth-order valence-corrected chi connectivity index (χ4v) is 0.865. The predicted octanol–water partition coefficient (Wildman–Crippen LogP) is 0.777. The molecule has 1 unspecified atom stereocenters. The molecule has 0 spiro atoms. The van der Waals surface area contributed by atoms with Gasteiger partial charge < -0.3 is 10.2 Å². The predicted molar refractivity (Wildman–Crippen MR) is 47.3 cm³/mol. The summed E-state index contributed by atoms with van der Waals surface area (Å²) in [7, 11) is 2.54. The molecule has 0 aromatic rings. The SMILES string of the molecule is CC(NC(=O)C(F)(F)C(F)(F)F)C(=O)N(C)C. The topological polar surface area (TPSA) is 49.4 Å². The van der Waals surface area contributed by atoms with Gasteiger partial charge in [0.25, 0.3) is 0 Å². The molecule has 0 aromatic heterocycles. The van der Waals surface area contributed by atoms with Gasteiger partial charge in [-0.3, -0.25) is 9.59 Å². The molecule has 0 saturated heterocycles. The highest BCUT2D eigenvalue weighted by atomic mass is 19.4. The van der Waals surface area contributed by atoms with Gasteiger partial charge in [0.05, 0.1) is 0 Å². The molecule has 9 heteroatoms. The summed E-state index contributed by atoms with van der Waals surface area (Å²) < 4.78 is 60.3. The second-order valence-electron chi connectivity index (χ2n) is 3.50. The Kier molecular flexibility index (Phi) is 4.44. The molecule has 0 rings (SSSR count). The summed E-state index contributed by atoms with van der Waals surface area (Å²) in [5.41, 5.74) is 0. The summed E-state index contributed by atoms with van der Waals surface area (Å²) in [6, 6.07) is -1.47. The van der Waals surface area contributed by atoms with Crippen LogP contribution in [0.1, 0.15) is 6.92 Å². The Hall–Kier alpha value is -1.41. The Morgan fingerprint density at radius 3 is 1.82 bits per heavy atom. The molecule has 0 fully saturated rings. The number of nitrogens with zero attached hydrogens (tertiary/aromatic N) is 1. The van der Waals surface area contributed by atoms with E-state index in [0.717, 1.165) is 11.8 Å². The third kappa shape index (κ3) is 3.53. The Morgan fingerprint density at radius 2 is 1.53 bits per heavy atom. The fourth-order valence-electron chi connectivity index (χ4n) is 0.865. The smallest absolute Gasteiger partial charge is 0.347 e. The zero-order chi connectivity index (χ0) is 14.0. The minimum absolute atomic E-state index is 0.795. The zero-order valence-corrected chi connectivity index (χ0v) is 9.23. The van der Waals surface area contributed by atoms with Crippen molar-refractivity contribution in [3.63, 3.8) is 0 Å². The number of hydrogen-bond acceptors (Lipinski definition) is 2. The highest BCUT2D eigenvalue weighted by Crippen LogP contribution is 2.35. The summed E-state index contributed by atoms with van der Waals surface area (Å²) >= 11 is 0. The van der Waals surface area contributed by atoms with Crippen LogP contribution in [0.5, 0.6) is 0 Å². The largest absolute Gasteiger partial charge is 0.463 e. The van der Waals surface area contributed by atoms with E-state index < -0.39 is 30.0 Å². The lowest BCUT2D eigenvalue weighted by molar-refractivity contribution is -0.270. The summed E-state index contributed by atoms with van der Waals surface area (Å²) in [6.45, 7) is 1.01. The third-order valence-electron chi connectivity index (χ3n) is 1.80. The number of likely N-dealkylation sites (N-methyl/N-ethyl adjacent to an activating group) is 1. The molecule has 0 heterocycles. The molecular weight excluding hydrogens is 251 g/mol. The van der Waals surface area contributed by atoms with Gasteiger partial charge in [-0.15, -0.1) is 0 Å². The molecule has 17 heavy (non-hydrogen) atoms. The third-order valence-corrected chi connectivity index (χ3v) is 1.80. The van der Waals surface area contributed by atoms with E-state index in [1.807, 2.05) is 0 Å².